The summed E-state index contributed by atoms with van der Waals surface area (Å²) in [7, 11) is 0. The summed E-state index contributed by atoms with van der Waals surface area (Å²) in [5.74, 6) is 0.562. The molecule has 4 rings (SSSR count). The van der Waals surface area contributed by atoms with Crippen LogP contribution in [-0.4, -0.2) is 16.8 Å². The second-order valence-electron chi connectivity index (χ2n) is 5.32. The summed E-state index contributed by atoms with van der Waals surface area (Å²) in [6.07, 6.45) is 1.48. The first-order valence-corrected chi connectivity index (χ1v) is 8.39. The number of nitro benzene ring substituents is 1. The van der Waals surface area contributed by atoms with Crippen LogP contribution < -0.4 is 0 Å². The molecule has 0 saturated heterocycles. The minimum atomic E-state index is -0.554. The van der Waals surface area contributed by atoms with E-state index in [-0.39, 0.29) is 17.3 Å². The fraction of sp³-hybridized carbons (Fsp3) is 0. The van der Waals surface area contributed by atoms with Gasteiger partial charge in [0.2, 0.25) is 5.90 Å². The van der Waals surface area contributed by atoms with Gasteiger partial charge in [0.1, 0.15) is 11.5 Å². The molecule has 0 unspecified atom stereocenters. The Bertz CT molecular complexity index is 1060. The lowest BCUT2D eigenvalue weighted by Crippen LogP contribution is -2.03. The molecule has 128 valence electrons. The van der Waals surface area contributed by atoms with Crippen LogP contribution in [0.1, 0.15) is 10.6 Å². The van der Waals surface area contributed by atoms with Gasteiger partial charge in [0.25, 0.3) is 5.69 Å². The molecule has 7 nitrogen and oxygen atoms in total. The number of thiophene rings is 1. The van der Waals surface area contributed by atoms with Crippen molar-refractivity contribution in [3.63, 3.8) is 0 Å². The zero-order valence-corrected chi connectivity index (χ0v) is 13.9. The SMILES string of the molecule is O=C1OC(c2cccs2)=N/C1=C\c1ccc(-c2cccc([N+](=O)[O-])c2)o1. The van der Waals surface area contributed by atoms with Crippen LogP contribution in [0.15, 0.2) is 69.0 Å². The van der Waals surface area contributed by atoms with E-state index in [0.717, 1.165) is 4.88 Å². The Kier molecular flexibility index (Phi) is 3.94. The van der Waals surface area contributed by atoms with E-state index >= 15 is 0 Å². The van der Waals surface area contributed by atoms with Crippen molar-refractivity contribution >= 4 is 35.0 Å². The van der Waals surface area contributed by atoms with Crippen molar-refractivity contribution in [1.82, 2.24) is 0 Å². The van der Waals surface area contributed by atoms with Crippen LogP contribution >= 0.6 is 11.3 Å². The van der Waals surface area contributed by atoms with Crippen molar-refractivity contribution < 1.29 is 18.9 Å². The number of hydrogen-bond donors (Lipinski definition) is 0. The van der Waals surface area contributed by atoms with Crippen molar-refractivity contribution in [3.05, 3.63) is 80.4 Å². The van der Waals surface area contributed by atoms with E-state index in [9.17, 15) is 14.9 Å². The lowest BCUT2D eigenvalue weighted by Gasteiger charge is -1.97. The molecular formula is C18H10N2O5S. The molecule has 1 aliphatic rings. The maximum Gasteiger partial charge on any atom is 0.363 e. The number of carbonyl (C=O) groups excluding carboxylic acids is 1. The van der Waals surface area contributed by atoms with E-state index in [0.29, 0.717) is 17.1 Å². The Balaban J connectivity index is 1.62. The van der Waals surface area contributed by atoms with Gasteiger partial charge in [-0.25, -0.2) is 9.79 Å². The van der Waals surface area contributed by atoms with Crippen LogP contribution in [0.25, 0.3) is 17.4 Å². The van der Waals surface area contributed by atoms with Gasteiger partial charge in [0.05, 0.1) is 9.80 Å². The summed E-state index contributed by atoms with van der Waals surface area (Å²) < 4.78 is 10.8. The van der Waals surface area contributed by atoms with E-state index in [1.54, 1.807) is 24.3 Å². The topological polar surface area (TPSA) is 94.9 Å². The van der Waals surface area contributed by atoms with E-state index in [1.807, 2.05) is 17.5 Å². The van der Waals surface area contributed by atoms with Gasteiger partial charge < -0.3 is 9.15 Å². The van der Waals surface area contributed by atoms with Gasteiger partial charge in [-0.05, 0) is 23.6 Å². The summed E-state index contributed by atoms with van der Waals surface area (Å²) >= 11 is 1.42. The average molecular weight is 366 g/mol. The van der Waals surface area contributed by atoms with E-state index in [2.05, 4.69) is 4.99 Å². The maximum atomic E-state index is 12.0. The number of nitro groups is 1. The predicted octanol–water partition coefficient (Wildman–Crippen LogP) is 4.26. The second kappa shape index (κ2) is 6.41. The van der Waals surface area contributed by atoms with Crippen LogP contribution in [0.2, 0.25) is 0 Å². The first kappa shape index (κ1) is 16.0. The third-order valence-electron chi connectivity index (χ3n) is 3.60. The lowest BCUT2D eigenvalue weighted by molar-refractivity contribution is -0.384. The zero-order chi connectivity index (χ0) is 18.1. The number of furan rings is 1. The van der Waals surface area contributed by atoms with Crippen molar-refractivity contribution in [2.24, 2.45) is 4.99 Å². The van der Waals surface area contributed by atoms with E-state index in [1.165, 1.54) is 29.5 Å². The summed E-state index contributed by atoms with van der Waals surface area (Å²) in [6.45, 7) is 0. The van der Waals surface area contributed by atoms with Gasteiger partial charge in [-0.15, -0.1) is 11.3 Å². The minimum Gasteiger partial charge on any atom is -0.457 e. The van der Waals surface area contributed by atoms with Crippen molar-refractivity contribution in [3.8, 4) is 11.3 Å². The molecule has 3 heterocycles. The molecule has 26 heavy (non-hydrogen) atoms. The third kappa shape index (κ3) is 3.05. The third-order valence-corrected chi connectivity index (χ3v) is 4.46. The number of non-ortho nitro benzene ring substituents is 1. The highest BCUT2D eigenvalue weighted by Crippen LogP contribution is 2.28. The first-order chi connectivity index (χ1) is 12.6. The molecule has 1 aliphatic heterocycles. The monoisotopic (exact) mass is 366 g/mol. The molecule has 2 aromatic heterocycles. The second-order valence-corrected chi connectivity index (χ2v) is 6.27. The standard InChI is InChI=1S/C18H10N2O5S/c21-18-14(19-17(25-18)16-5-2-8-26-16)10-13-6-7-15(24-13)11-3-1-4-12(9-11)20(22)23/h1-10H/b14-10-. The zero-order valence-electron chi connectivity index (χ0n) is 13.1. The van der Waals surface area contributed by atoms with Crippen LogP contribution in [-0.2, 0) is 9.53 Å². The molecular weight excluding hydrogens is 356 g/mol. The van der Waals surface area contributed by atoms with Gasteiger partial charge in [0.15, 0.2) is 5.70 Å². The highest BCUT2D eigenvalue weighted by Gasteiger charge is 2.25. The average Bonchev–Trinajstić information content (AvgIpc) is 3.37. The minimum absolute atomic E-state index is 0.0247. The summed E-state index contributed by atoms with van der Waals surface area (Å²) in [4.78, 5) is 27.3. The number of rotatable bonds is 4. The summed E-state index contributed by atoms with van der Waals surface area (Å²) in [5, 5.41) is 12.8. The molecule has 8 heteroatoms. The lowest BCUT2D eigenvalue weighted by atomic mass is 10.1. The first-order valence-electron chi connectivity index (χ1n) is 7.51. The number of carbonyl (C=O) groups is 1. The van der Waals surface area contributed by atoms with Gasteiger partial charge in [0, 0.05) is 23.8 Å². The fourth-order valence-electron chi connectivity index (χ4n) is 2.41. The molecule has 0 fully saturated rings. The van der Waals surface area contributed by atoms with Crippen molar-refractivity contribution in [2.45, 2.75) is 0 Å². The molecule has 0 aliphatic carbocycles. The number of benzene rings is 1. The molecule has 0 saturated carbocycles. The number of hydrogen-bond acceptors (Lipinski definition) is 7. The molecule has 0 N–H and O–H groups in total. The van der Waals surface area contributed by atoms with Crippen LogP contribution in [0.3, 0.4) is 0 Å². The molecule has 1 aromatic carbocycles. The fourth-order valence-corrected chi connectivity index (χ4v) is 3.06. The van der Waals surface area contributed by atoms with Crippen LogP contribution in [0.4, 0.5) is 5.69 Å². The largest absolute Gasteiger partial charge is 0.457 e. The normalized spacial score (nSPS) is 15.2. The number of esters is 1. The quantitative estimate of drug-likeness (QED) is 0.297. The smallest absolute Gasteiger partial charge is 0.363 e. The molecule has 0 bridgehead atoms. The number of nitrogens with zero attached hydrogens (tertiary/aromatic N) is 2. The van der Waals surface area contributed by atoms with Gasteiger partial charge in [-0.1, -0.05) is 18.2 Å². The Hall–Kier alpha value is -3.52. The molecule has 0 amide bonds. The Labute approximate surface area is 151 Å². The van der Waals surface area contributed by atoms with E-state index < -0.39 is 10.9 Å². The van der Waals surface area contributed by atoms with Gasteiger partial charge >= 0.3 is 5.97 Å². The van der Waals surface area contributed by atoms with Crippen LogP contribution in [0, 0.1) is 10.1 Å². The molecule has 3 aromatic rings. The highest BCUT2D eigenvalue weighted by molar-refractivity contribution is 7.12. The van der Waals surface area contributed by atoms with E-state index in [4.69, 9.17) is 9.15 Å². The predicted molar refractivity (Wildman–Crippen MR) is 95.7 cm³/mol. The maximum absolute atomic E-state index is 12.0. The molecule has 0 radical (unpaired) electrons. The van der Waals surface area contributed by atoms with Gasteiger partial charge in [-0.3, -0.25) is 10.1 Å². The Morgan fingerprint density at radius 3 is 2.81 bits per heavy atom. The number of aliphatic imine (C=N–C) groups is 1. The highest BCUT2D eigenvalue weighted by atomic mass is 32.1. The van der Waals surface area contributed by atoms with Crippen LogP contribution in [0.5, 0.6) is 0 Å². The molecule has 0 spiro atoms. The number of cyclic esters (lactones) is 1. The van der Waals surface area contributed by atoms with Crippen molar-refractivity contribution in [2.75, 3.05) is 0 Å². The Morgan fingerprint density at radius 2 is 2.04 bits per heavy atom. The number of ether oxygens (including phenoxy) is 1. The summed E-state index contributed by atoms with van der Waals surface area (Å²) in [6, 6.07) is 13.1. The van der Waals surface area contributed by atoms with Crippen molar-refractivity contribution in [1.29, 1.82) is 0 Å². The Morgan fingerprint density at radius 1 is 1.15 bits per heavy atom. The molecule has 0 atom stereocenters. The van der Waals surface area contributed by atoms with Gasteiger partial charge in [-0.2, -0.15) is 0 Å². The summed E-state index contributed by atoms with van der Waals surface area (Å²) in [5.41, 5.74) is 0.678.